The molecule has 3 aromatic carbocycles. The number of aromatic nitrogens is 2. The molecule has 212 valence electrons. The highest BCUT2D eigenvalue weighted by molar-refractivity contribution is 5.98. The topological polar surface area (TPSA) is 138 Å². The van der Waals surface area contributed by atoms with E-state index in [0.717, 1.165) is 11.1 Å². The minimum absolute atomic E-state index is 0.00688. The van der Waals surface area contributed by atoms with Crippen molar-refractivity contribution < 1.29 is 19.4 Å². The first-order valence-corrected chi connectivity index (χ1v) is 13.1. The van der Waals surface area contributed by atoms with E-state index in [9.17, 15) is 19.5 Å². The summed E-state index contributed by atoms with van der Waals surface area (Å²) in [6, 6.07) is 19.0. The first-order valence-electron chi connectivity index (χ1n) is 13.1. The van der Waals surface area contributed by atoms with Crippen LogP contribution in [0.15, 0.2) is 76.3 Å². The van der Waals surface area contributed by atoms with E-state index in [2.05, 4.69) is 15.7 Å². The number of phenols is 1. The van der Waals surface area contributed by atoms with Crippen LogP contribution in [0.5, 0.6) is 17.2 Å². The van der Waals surface area contributed by atoms with Crippen LogP contribution in [0.2, 0.25) is 0 Å². The van der Waals surface area contributed by atoms with Gasteiger partial charge in [-0.25, -0.2) is 4.68 Å². The first kappa shape index (κ1) is 27.4. The van der Waals surface area contributed by atoms with Crippen LogP contribution >= 0.6 is 0 Å². The minimum atomic E-state index is -0.540. The van der Waals surface area contributed by atoms with Gasteiger partial charge in [-0.1, -0.05) is 49.4 Å². The van der Waals surface area contributed by atoms with E-state index in [-0.39, 0.29) is 47.8 Å². The molecular weight excluding hydrogens is 526 g/mol. The molecule has 1 aliphatic heterocycles. The van der Waals surface area contributed by atoms with Crippen LogP contribution in [0.4, 0.5) is 17.1 Å². The number of rotatable bonds is 9. The number of hydrogen-bond acceptors (Lipinski definition) is 8. The number of aromatic amines is 1. The SMILES string of the molecule is CCC(Nc1c(Nc2cccc(C(=O)N(C)C)c2O)c(=O)n(Cc2ccccc2)[nH]c1=O)c1ccc2c(c1)OCO2. The number of anilines is 3. The fourth-order valence-corrected chi connectivity index (χ4v) is 4.63. The third kappa shape index (κ3) is 5.60. The molecule has 0 spiro atoms. The third-order valence-electron chi connectivity index (χ3n) is 6.81. The molecule has 1 aromatic heterocycles. The average Bonchev–Trinajstić information content (AvgIpc) is 3.44. The molecule has 1 aliphatic rings. The molecular formula is C30H31N5O6. The normalized spacial score (nSPS) is 12.6. The van der Waals surface area contributed by atoms with Gasteiger partial charge in [0, 0.05) is 14.1 Å². The second-order valence-corrected chi connectivity index (χ2v) is 9.81. The number of nitrogens with zero attached hydrogens (tertiary/aromatic N) is 2. The second kappa shape index (κ2) is 11.5. The zero-order valence-electron chi connectivity index (χ0n) is 22.9. The van der Waals surface area contributed by atoms with Crippen LogP contribution in [0, 0.1) is 0 Å². The number of fused-ring (bicyclic) bond motifs is 1. The molecule has 41 heavy (non-hydrogen) atoms. The highest BCUT2D eigenvalue weighted by Gasteiger charge is 2.23. The number of benzene rings is 3. The summed E-state index contributed by atoms with van der Waals surface area (Å²) in [5, 5.41) is 19.8. The second-order valence-electron chi connectivity index (χ2n) is 9.81. The van der Waals surface area contributed by atoms with Crippen molar-refractivity contribution in [1.29, 1.82) is 0 Å². The molecule has 1 amide bonds. The van der Waals surface area contributed by atoms with E-state index >= 15 is 0 Å². The molecule has 11 heteroatoms. The van der Waals surface area contributed by atoms with Crippen LogP contribution in [0.3, 0.4) is 0 Å². The molecule has 0 saturated heterocycles. The van der Waals surface area contributed by atoms with E-state index in [1.165, 1.54) is 21.7 Å². The van der Waals surface area contributed by atoms with Crippen LogP contribution in [0.1, 0.15) is 40.9 Å². The summed E-state index contributed by atoms with van der Waals surface area (Å²) in [4.78, 5) is 41.3. The Morgan fingerprint density at radius 2 is 1.78 bits per heavy atom. The molecule has 1 unspecified atom stereocenters. The summed E-state index contributed by atoms with van der Waals surface area (Å²) in [6.45, 7) is 2.20. The van der Waals surface area contributed by atoms with E-state index in [1.54, 1.807) is 26.2 Å². The number of amides is 1. The molecule has 4 aromatic rings. The Bertz CT molecular complexity index is 1700. The Morgan fingerprint density at radius 3 is 2.51 bits per heavy atom. The number of H-pyrrole nitrogens is 1. The summed E-state index contributed by atoms with van der Waals surface area (Å²) in [7, 11) is 3.15. The van der Waals surface area contributed by atoms with Gasteiger partial charge < -0.3 is 30.1 Å². The minimum Gasteiger partial charge on any atom is -0.505 e. The van der Waals surface area contributed by atoms with Crippen molar-refractivity contribution in [3.8, 4) is 17.2 Å². The average molecular weight is 558 g/mol. The van der Waals surface area contributed by atoms with Gasteiger partial charge in [0.25, 0.3) is 17.0 Å². The number of para-hydroxylation sites is 1. The van der Waals surface area contributed by atoms with Crippen LogP contribution in [0.25, 0.3) is 0 Å². The maximum absolute atomic E-state index is 13.8. The molecule has 0 radical (unpaired) electrons. The van der Waals surface area contributed by atoms with E-state index in [4.69, 9.17) is 9.47 Å². The number of phenolic OH excluding ortho intramolecular Hbond substituents is 1. The Kier molecular flexibility index (Phi) is 7.68. The maximum atomic E-state index is 13.8. The Labute approximate surface area is 235 Å². The lowest BCUT2D eigenvalue weighted by molar-refractivity contribution is 0.0824. The van der Waals surface area contributed by atoms with Gasteiger partial charge in [0.05, 0.1) is 23.8 Å². The zero-order valence-corrected chi connectivity index (χ0v) is 22.9. The van der Waals surface area contributed by atoms with Crippen molar-refractivity contribution in [3.63, 3.8) is 0 Å². The molecule has 0 saturated carbocycles. The highest BCUT2D eigenvalue weighted by Crippen LogP contribution is 2.36. The molecule has 5 rings (SSSR count). The predicted octanol–water partition coefficient (Wildman–Crippen LogP) is 4.03. The fourth-order valence-electron chi connectivity index (χ4n) is 4.63. The van der Waals surface area contributed by atoms with Gasteiger partial charge in [-0.05, 0) is 41.8 Å². The quantitative estimate of drug-likeness (QED) is 0.226. The zero-order chi connectivity index (χ0) is 29.1. The van der Waals surface area contributed by atoms with Crippen LogP contribution in [-0.4, -0.2) is 46.6 Å². The van der Waals surface area contributed by atoms with Crippen LogP contribution < -0.4 is 31.2 Å². The number of hydrogen-bond donors (Lipinski definition) is 4. The number of ether oxygens (including phenoxy) is 2. The van der Waals surface area contributed by atoms with Crippen molar-refractivity contribution in [1.82, 2.24) is 14.7 Å². The van der Waals surface area contributed by atoms with Crippen molar-refractivity contribution in [2.75, 3.05) is 31.5 Å². The van der Waals surface area contributed by atoms with Gasteiger partial charge in [-0.3, -0.25) is 19.5 Å². The van der Waals surface area contributed by atoms with Gasteiger partial charge in [0.2, 0.25) is 6.79 Å². The van der Waals surface area contributed by atoms with Gasteiger partial charge in [0.1, 0.15) is 11.4 Å². The maximum Gasteiger partial charge on any atom is 0.291 e. The van der Waals surface area contributed by atoms with Crippen molar-refractivity contribution in [2.24, 2.45) is 0 Å². The number of aromatic hydroxyl groups is 1. The van der Waals surface area contributed by atoms with Gasteiger partial charge in [0.15, 0.2) is 17.2 Å². The van der Waals surface area contributed by atoms with Crippen molar-refractivity contribution in [3.05, 3.63) is 104 Å². The molecule has 1 atom stereocenters. The van der Waals surface area contributed by atoms with Crippen LogP contribution in [-0.2, 0) is 6.54 Å². The highest BCUT2D eigenvalue weighted by atomic mass is 16.7. The lowest BCUT2D eigenvalue weighted by Gasteiger charge is -2.22. The van der Waals surface area contributed by atoms with Gasteiger partial charge in [-0.15, -0.1) is 0 Å². The fraction of sp³-hybridized carbons (Fsp3) is 0.233. The Hall–Kier alpha value is -5.19. The smallest absolute Gasteiger partial charge is 0.291 e. The largest absolute Gasteiger partial charge is 0.505 e. The summed E-state index contributed by atoms with van der Waals surface area (Å²) >= 11 is 0. The number of carbonyl (C=O) groups is 1. The number of carbonyl (C=O) groups excluding carboxylic acids is 1. The molecule has 0 bridgehead atoms. The first-order chi connectivity index (χ1) is 19.8. The summed E-state index contributed by atoms with van der Waals surface area (Å²) < 4.78 is 12.1. The molecule has 0 fully saturated rings. The molecule has 4 N–H and O–H groups in total. The standard InChI is InChI=1S/C30H31N5O6/c1-4-21(19-13-14-23-24(15-19)41-17-40-23)31-25-26(32-22-12-8-11-20(27(22)36)29(38)34(2)3)30(39)35(33-28(25)37)16-18-9-6-5-7-10-18/h5-15,21,31-32,36H,4,16-17H2,1-3H3,(H,33,37). The lowest BCUT2D eigenvalue weighted by atomic mass is 10.0. The van der Waals surface area contributed by atoms with Crippen molar-refractivity contribution in [2.45, 2.75) is 25.9 Å². The van der Waals surface area contributed by atoms with E-state index < -0.39 is 17.0 Å². The third-order valence-corrected chi connectivity index (χ3v) is 6.81. The summed E-state index contributed by atoms with van der Waals surface area (Å²) in [6.07, 6.45) is 0.573. The Balaban J connectivity index is 1.59. The summed E-state index contributed by atoms with van der Waals surface area (Å²) in [5.74, 6) is 0.482. The van der Waals surface area contributed by atoms with Crippen molar-refractivity contribution >= 4 is 23.0 Å². The molecule has 2 heterocycles. The monoisotopic (exact) mass is 557 g/mol. The van der Waals surface area contributed by atoms with Gasteiger partial charge >= 0.3 is 0 Å². The Morgan fingerprint density at radius 1 is 1.02 bits per heavy atom. The molecule has 11 nitrogen and oxygen atoms in total. The van der Waals surface area contributed by atoms with E-state index in [1.807, 2.05) is 49.4 Å². The lowest BCUT2D eigenvalue weighted by Crippen LogP contribution is -2.34. The molecule has 0 aliphatic carbocycles. The van der Waals surface area contributed by atoms with Gasteiger partial charge in [-0.2, -0.15) is 0 Å². The predicted molar refractivity (Wildman–Crippen MR) is 155 cm³/mol. The number of nitrogens with one attached hydrogen (secondary N) is 3. The summed E-state index contributed by atoms with van der Waals surface area (Å²) in [5.41, 5.74) is 0.646. The van der Waals surface area contributed by atoms with E-state index in [0.29, 0.717) is 17.9 Å².